The summed E-state index contributed by atoms with van der Waals surface area (Å²) in [5, 5.41) is 4.04. The Hall–Kier alpha value is -2.05. The summed E-state index contributed by atoms with van der Waals surface area (Å²) in [6.45, 7) is 2.36. The molecule has 0 saturated heterocycles. The number of carbonyl (C=O) groups excluding carboxylic acids is 1. The molecule has 0 aliphatic carbocycles. The third kappa shape index (κ3) is 4.49. The predicted molar refractivity (Wildman–Crippen MR) is 98.1 cm³/mol. The van der Waals surface area contributed by atoms with Gasteiger partial charge in [0.25, 0.3) is 0 Å². The van der Waals surface area contributed by atoms with Crippen LogP contribution in [0.15, 0.2) is 24.4 Å². The maximum absolute atomic E-state index is 12.5. The van der Waals surface area contributed by atoms with Crippen LogP contribution < -0.4 is 10.1 Å². The largest absolute Gasteiger partial charge is 0.497 e. The SMILES string of the molecule is COc1ccc2c(c1)c(CCN(C)C)cn2C(=O)NCCN(C)C. The third-order valence-electron chi connectivity index (χ3n) is 3.98. The Morgan fingerprint density at radius 2 is 1.88 bits per heavy atom. The summed E-state index contributed by atoms with van der Waals surface area (Å²) in [6, 6.07) is 5.74. The minimum absolute atomic E-state index is 0.0943. The molecule has 1 aromatic carbocycles. The highest BCUT2D eigenvalue weighted by atomic mass is 16.5. The van der Waals surface area contributed by atoms with Gasteiger partial charge in [-0.1, -0.05) is 0 Å². The fourth-order valence-electron chi connectivity index (χ4n) is 2.59. The maximum atomic E-state index is 12.5. The Morgan fingerprint density at radius 1 is 1.17 bits per heavy atom. The predicted octanol–water partition coefficient (Wildman–Crippen LogP) is 1.87. The number of nitrogens with one attached hydrogen (secondary N) is 1. The smallest absolute Gasteiger partial charge is 0.326 e. The number of nitrogens with zero attached hydrogens (tertiary/aromatic N) is 3. The summed E-state index contributed by atoms with van der Waals surface area (Å²) >= 11 is 0. The normalized spacial score (nSPS) is 11.5. The van der Waals surface area contributed by atoms with Crippen LogP contribution in [0.2, 0.25) is 0 Å². The van der Waals surface area contributed by atoms with Crippen LogP contribution >= 0.6 is 0 Å². The molecule has 2 rings (SSSR count). The number of fused-ring (bicyclic) bond motifs is 1. The maximum Gasteiger partial charge on any atom is 0.326 e. The second kappa shape index (κ2) is 8.17. The van der Waals surface area contributed by atoms with Crippen molar-refractivity contribution in [2.75, 3.05) is 54.9 Å². The topological polar surface area (TPSA) is 49.7 Å². The van der Waals surface area contributed by atoms with Gasteiger partial charge in [-0.25, -0.2) is 4.79 Å². The Balaban J connectivity index is 2.30. The first-order valence-corrected chi connectivity index (χ1v) is 8.18. The first-order valence-electron chi connectivity index (χ1n) is 8.18. The third-order valence-corrected chi connectivity index (χ3v) is 3.98. The second-order valence-electron chi connectivity index (χ2n) is 6.50. The van der Waals surface area contributed by atoms with Crippen molar-refractivity contribution < 1.29 is 9.53 Å². The van der Waals surface area contributed by atoms with Crippen molar-refractivity contribution in [3.63, 3.8) is 0 Å². The molecule has 24 heavy (non-hydrogen) atoms. The van der Waals surface area contributed by atoms with E-state index in [2.05, 4.69) is 10.2 Å². The van der Waals surface area contributed by atoms with Crippen LogP contribution in [-0.2, 0) is 6.42 Å². The van der Waals surface area contributed by atoms with E-state index in [1.54, 1.807) is 11.7 Å². The summed E-state index contributed by atoms with van der Waals surface area (Å²) in [5.74, 6) is 0.805. The number of rotatable bonds is 7. The van der Waals surface area contributed by atoms with Crippen LogP contribution in [0.25, 0.3) is 10.9 Å². The van der Waals surface area contributed by atoms with Crippen molar-refractivity contribution in [3.8, 4) is 5.75 Å². The highest BCUT2D eigenvalue weighted by Gasteiger charge is 2.14. The fraction of sp³-hybridized carbons (Fsp3) is 0.500. The Labute approximate surface area is 144 Å². The van der Waals surface area contributed by atoms with E-state index in [4.69, 9.17) is 4.74 Å². The molecule has 1 N–H and O–H groups in total. The van der Waals surface area contributed by atoms with Crippen LogP contribution in [0.1, 0.15) is 5.56 Å². The van der Waals surface area contributed by atoms with Crippen molar-refractivity contribution in [2.24, 2.45) is 0 Å². The molecule has 1 aromatic heterocycles. The molecule has 0 atom stereocenters. The highest BCUT2D eigenvalue weighted by Crippen LogP contribution is 2.26. The molecule has 0 aliphatic heterocycles. The number of carbonyl (C=O) groups is 1. The van der Waals surface area contributed by atoms with E-state index >= 15 is 0 Å². The quantitative estimate of drug-likeness (QED) is 0.841. The lowest BCUT2D eigenvalue weighted by Gasteiger charge is -2.11. The van der Waals surface area contributed by atoms with Gasteiger partial charge in [0, 0.05) is 31.2 Å². The molecule has 0 spiro atoms. The average molecular weight is 332 g/mol. The molecular formula is C18H28N4O2. The monoisotopic (exact) mass is 332 g/mol. The van der Waals surface area contributed by atoms with E-state index in [1.165, 1.54) is 0 Å². The second-order valence-corrected chi connectivity index (χ2v) is 6.50. The lowest BCUT2D eigenvalue weighted by atomic mass is 10.1. The molecule has 6 nitrogen and oxygen atoms in total. The average Bonchev–Trinajstić information content (AvgIpc) is 2.90. The zero-order chi connectivity index (χ0) is 17.7. The molecule has 132 valence electrons. The van der Waals surface area contributed by atoms with Gasteiger partial charge in [-0.3, -0.25) is 4.57 Å². The Kier molecular flexibility index (Phi) is 6.23. The molecular weight excluding hydrogens is 304 g/mol. The summed E-state index contributed by atoms with van der Waals surface area (Å²) < 4.78 is 7.04. The molecule has 0 unspecified atom stereocenters. The molecule has 0 fully saturated rings. The van der Waals surface area contributed by atoms with Crippen LogP contribution in [0, 0.1) is 0 Å². The van der Waals surface area contributed by atoms with Gasteiger partial charge in [0.05, 0.1) is 12.6 Å². The van der Waals surface area contributed by atoms with Crippen molar-refractivity contribution >= 4 is 16.9 Å². The van der Waals surface area contributed by atoms with Crippen LogP contribution in [-0.4, -0.2) is 75.3 Å². The number of aromatic nitrogens is 1. The summed E-state index contributed by atoms with van der Waals surface area (Å²) in [4.78, 5) is 16.7. The Morgan fingerprint density at radius 3 is 2.50 bits per heavy atom. The van der Waals surface area contributed by atoms with Gasteiger partial charge >= 0.3 is 6.03 Å². The first kappa shape index (κ1) is 18.3. The molecule has 0 radical (unpaired) electrons. The Bertz CT molecular complexity index is 692. The van der Waals surface area contributed by atoms with Gasteiger partial charge in [0.2, 0.25) is 0 Å². The summed E-state index contributed by atoms with van der Waals surface area (Å²) in [6.07, 6.45) is 2.83. The summed E-state index contributed by atoms with van der Waals surface area (Å²) in [5.41, 5.74) is 2.06. The molecule has 0 aliphatic rings. The van der Waals surface area contributed by atoms with Crippen LogP contribution in [0.4, 0.5) is 4.79 Å². The number of methoxy groups -OCH3 is 1. The lowest BCUT2D eigenvalue weighted by molar-refractivity contribution is 0.242. The minimum Gasteiger partial charge on any atom is -0.497 e. The van der Waals surface area contributed by atoms with Crippen molar-refractivity contribution in [1.29, 1.82) is 0 Å². The van der Waals surface area contributed by atoms with E-state index in [-0.39, 0.29) is 6.03 Å². The lowest BCUT2D eigenvalue weighted by Crippen LogP contribution is -2.33. The number of likely N-dealkylation sites (N-methyl/N-ethyl adjacent to an activating group) is 2. The van der Waals surface area contributed by atoms with Crippen LogP contribution in [0.3, 0.4) is 0 Å². The molecule has 1 heterocycles. The van der Waals surface area contributed by atoms with E-state index in [0.717, 1.165) is 41.7 Å². The molecule has 0 saturated carbocycles. The number of hydrogen-bond donors (Lipinski definition) is 1. The standard InChI is InChI=1S/C18H28N4O2/c1-20(2)10-8-14-13-22(18(23)19-9-11-21(3)4)17-7-6-15(24-5)12-16(14)17/h6-7,12-13H,8-11H2,1-5H3,(H,19,23). The zero-order valence-electron chi connectivity index (χ0n) is 15.3. The van der Waals surface area contributed by atoms with Gasteiger partial charge in [-0.2, -0.15) is 0 Å². The zero-order valence-corrected chi connectivity index (χ0v) is 15.3. The van der Waals surface area contributed by atoms with E-state index in [9.17, 15) is 4.79 Å². The van der Waals surface area contributed by atoms with E-state index in [0.29, 0.717) is 6.54 Å². The highest BCUT2D eigenvalue weighted by molar-refractivity contribution is 5.94. The van der Waals surface area contributed by atoms with Crippen molar-refractivity contribution in [1.82, 2.24) is 19.7 Å². The number of ether oxygens (including phenoxy) is 1. The number of hydrogen-bond acceptors (Lipinski definition) is 4. The van der Waals surface area contributed by atoms with Gasteiger partial charge < -0.3 is 19.9 Å². The van der Waals surface area contributed by atoms with E-state index < -0.39 is 0 Å². The minimum atomic E-state index is -0.0943. The first-order chi connectivity index (χ1) is 11.4. The van der Waals surface area contributed by atoms with Gasteiger partial charge in [0.1, 0.15) is 5.75 Å². The van der Waals surface area contributed by atoms with Crippen molar-refractivity contribution in [2.45, 2.75) is 6.42 Å². The van der Waals surface area contributed by atoms with Crippen LogP contribution in [0.5, 0.6) is 5.75 Å². The molecule has 2 aromatic rings. The molecule has 1 amide bonds. The number of benzene rings is 1. The van der Waals surface area contributed by atoms with Crippen molar-refractivity contribution in [3.05, 3.63) is 30.0 Å². The fourth-order valence-corrected chi connectivity index (χ4v) is 2.59. The number of amides is 1. The van der Waals surface area contributed by atoms with Gasteiger partial charge in [0.15, 0.2) is 0 Å². The van der Waals surface area contributed by atoms with Gasteiger partial charge in [-0.05, 0) is 58.4 Å². The van der Waals surface area contributed by atoms with Gasteiger partial charge in [-0.15, -0.1) is 0 Å². The summed E-state index contributed by atoms with van der Waals surface area (Å²) in [7, 11) is 9.73. The van der Waals surface area contributed by atoms with E-state index in [1.807, 2.05) is 57.5 Å². The molecule has 6 heteroatoms. The molecule has 0 bridgehead atoms.